The van der Waals surface area contributed by atoms with Gasteiger partial charge in [0.05, 0.1) is 12.0 Å². The van der Waals surface area contributed by atoms with Gasteiger partial charge in [0.2, 0.25) is 5.91 Å². The van der Waals surface area contributed by atoms with Crippen molar-refractivity contribution in [3.8, 4) is 0 Å². The molecule has 1 amide bonds. The fourth-order valence-electron chi connectivity index (χ4n) is 3.91. The van der Waals surface area contributed by atoms with Crippen molar-refractivity contribution in [3.63, 3.8) is 0 Å². The zero-order valence-corrected chi connectivity index (χ0v) is 16.3. The number of benzene rings is 3. The third kappa shape index (κ3) is 3.93. The van der Waals surface area contributed by atoms with Gasteiger partial charge in [-0.1, -0.05) is 48.5 Å². The summed E-state index contributed by atoms with van der Waals surface area (Å²) in [7, 11) is 0. The topological polar surface area (TPSA) is 55.1 Å². The van der Waals surface area contributed by atoms with Crippen molar-refractivity contribution in [2.75, 3.05) is 5.73 Å². The van der Waals surface area contributed by atoms with Crippen molar-refractivity contribution in [2.45, 2.75) is 38.1 Å². The molecule has 0 saturated carbocycles. The van der Waals surface area contributed by atoms with Crippen LogP contribution in [-0.2, 0) is 11.2 Å². The zero-order valence-electron chi connectivity index (χ0n) is 15.4. The zero-order chi connectivity index (χ0) is 18.1. The fourth-order valence-corrected chi connectivity index (χ4v) is 3.91. The summed E-state index contributed by atoms with van der Waals surface area (Å²) in [5.41, 5.74) is 10.2. The molecule has 0 aliphatic heterocycles. The summed E-state index contributed by atoms with van der Waals surface area (Å²) in [6.45, 7) is 1.98. The lowest BCUT2D eigenvalue weighted by atomic mass is 9.86. The van der Waals surface area contributed by atoms with Crippen LogP contribution in [0.3, 0.4) is 0 Å². The van der Waals surface area contributed by atoms with Crippen LogP contribution >= 0.6 is 12.4 Å². The first-order valence-corrected chi connectivity index (χ1v) is 9.29. The lowest BCUT2D eigenvalue weighted by Crippen LogP contribution is -2.33. The number of hydrogen-bond acceptors (Lipinski definition) is 2. The molecule has 0 radical (unpaired) electrons. The SMILES string of the molecule is CC(C(=O)NC1CCCc2cc(N)ccc21)c1ccc2ccccc2c1.Cl. The van der Waals surface area contributed by atoms with Gasteiger partial charge in [-0.15, -0.1) is 12.4 Å². The normalized spacial score (nSPS) is 16.9. The van der Waals surface area contributed by atoms with E-state index in [0.717, 1.165) is 30.5 Å². The number of anilines is 1. The van der Waals surface area contributed by atoms with E-state index in [4.69, 9.17) is 5.73 Å². The van der Waals surface area contributed by atoms with E-state index in [1.165, 1.54) is 21.9 Å². The van der Waals surface area contributed by atoms with Crippen molar-refractivity contribution < 1.29 is 4.79 Å². The Morgan fingerprint density at radius 1 is 1.07 bits per heavy atom. The fraction of sp³-hybridized carbons (Fsp3) is 0.261. The van der Waals surface area contributed by atoms with Gasteiger partial charge in [-0.3, -0.25) is 4.79 Å². The van der Waals surface area contributed by atoms with Crippen molar-refractivity contribution in [1.82, 2.24) is 5.32 Å². The Bertz CT molecular complexity index is 970. The second-order valence-corrected chi connectivity index (χ2v) is 7.24. The van der Waals surface area contributed by atoms with Crippen LogP contribution in [0.2, 0.25) is 0 Å². The van der Waals surface area contributed by atoms with Crippen LogP contribution in [0.25, 0.3) is 10.8 Å². The molecule has 0 bridgehead atoms. The first kappa shape index (κ1) is 19.2. The van der Waals surface area contributed by atoms with Crippen molar-refractivity contribution >= 4 is 34.8 Å². The maximum atomic E-state index is 12.9. The Hall–Kier alpha value is -2.52. The molecular formula is C23H25ClN2O. The van der Waals surface area contributed by atoms with Crippen LogP contribution < -0.4 is 11.1 Å². The number of carbonyl (C=O) groups is 1. The third-order valence-electron chi connectivity index (χ3n) is 5.46. The smallest absolute Gasteiger partial charge is 0.227 e. The number of amides is 1. The molecule has 0 aromatic heterocycles. The molecule has 140 valence electrons. The highest BCUT2D eigenvalue weighted by Gasteiger charge is 2.24. The summed E-state index contributed by atoms with van der Waals surface area (Å²) >= 11 is 0. The Morgan fingerprint density at radius 3 is 2.67 bits per heavy atom. The minimum Gasteiger partial charge on any atom is -0.399 e. The van der Waals surface area contributed by atoms with Crippen LogP contribution in [0, 0.1) is 0 Å². The molecule has 3 aromatic rings. The molecule has 3 aromatic carbocycles. The van der Waals surface area contributed by atoms with Crippen molar-refractivity contribution in [3.05, 3.63) is 77.4 Å². The largest absolute Gasteiger partial charge is 0.399 e. The quantitative estimate of drug-likeness (QED) is 0.618. The third-order valence-corrected chi connectivity index (χ3v) is 5.46. The molecule has 1 aliphatic rings. The minimum absolute atomic E-state index is 0. The standard InChI is InChI=1S/C23H24N2O.ClH/c1-15(17-10-9-16-5-2-3-6-18(16)13-17)23(26)25-22-8-4-7-19-14-20(24)11-12-21(19)22;/h2-3,5-6,9-15,22H,4,7-8,24H2,1H3,(H,25,26);1H. The average Bonchev–Trinajstić information content (AvgIpc) is 2.67. The molecule has 0 saturated heterocycles. The summed E-state index contributed by atoms with van der Waals surface area (Å²) in [6.07, 6.45) is 3.09. The predicted octanol–water partition coefficient (Wildman–Crippen LogP) is 5.14. The van der Waals surface area contributed by atoms with Gasteiger partial charge in [-0.25, -0.2) is 0 Å². The van der Waals surface area contributed by atoms with E-state index in [9.17, 15) is 4.79 Å². The number of carbonyl (C=O) groups excluding carboxylic acids is 1. The Labute approximate surface area is 166 Å². The number of rotatable bonds is 3. The number of halogens is 1. The number of fused-ring (bicyclic) bond motifs is 2. The van der Waals surface area contributed by atoms with Crippen molar-refractivity contribution in [2.24, 2.45) is 0 Å². The van der Waals surface area contributed by atoms with Gasteiger partial charge in [-0.2, -0.15) is 0 Å². The first-order chi connectivity index (χ1) is 12.6. The van der Waals surface area contributed by atoms with Gasteiger partial charge in [0.15, 0.2) is 0 Å². The van der Waals surface area contributed by atoms with E-state index < -0.39 is 0 Å². The molecule has 4 heteroatoms. The van der Waals surface area contributed by atoms with Gasteiger partial charge in [0, 0.05) is 5.69 Å². The van der Waals surface area contributed by atoms with Crippen LogP contribution in [0.1, 0.15) is 48.4 Å². The summed E-state index contributed by atoms with van der Waals surface area (Å²) in [6, 6.07) is 20.6. The molecular weight excluding hydrogens is 356 g/mol. The van der Waals surface area contributed by atoms with Crippen LogP contribution in [-0.4, -0.2) is 5.91 Å². The van der Waals surface area contributed by atoms with E-state index in [1.54, 1.807) is 0 Å². The average molecular weight is 381 g/mol. The number of aryl methyl sites for hydroxylation is 1. The molecule has 3 N–H and O–H groups in total. The molecule has 27 heavy (non-hydrogen) atoms. The second kappa shape index (κ2) is 8.01. The van der Waals surface area contributed by atoms with Gasteiger partial charge < -0.3 is 11.1 Å². The monoisotopic (exact) mass is 380 g/mol. The Morgan fingerprint density at radius 2 is 1.85 bits per heavy atom. The highest BCUT2D eigenvalue weighted by atomic mass is 35.5. The van der Waals surface area contributed by atoms with Crippen LogP contribution in [0.5, 0.6) is 0 Å². The number of nitrogen functional groups attached to an aromatic ring is 1. The Kier molecular flexibility index (Phi) is 5.71. The molecule has 0 spiro atoms. The van der Waals surface area contributed by atoms with Gasteiger partial charge in [-0.05, 0) is 65.8 Å². The maximum absolute atomic E-state index is 12.9. The highest BCUT2D eigenvalue weighted by molar-refractivity contribution is 5.88. The van der Waals surface area contributed by atoms with Crippen LogP contribution in [0.15, 0.2) is 60.7 Å². The number of nitrogens with two attached hydrogens (primary N) is 1. The van der Waals surface area contributed by atoms with E-state index in [-0.39, 0.29) is 30.3 Å². The molecule has 0 fully saturated rings. The summed E-state index contributed by atoms with van der Waals surface area (Å²) in [5.74, 6) is -0.103. The van der Waals surface area contributed by atoms with E-state index in [0.29, 0.717) is 0 Å². The number of hydrogen-bond donors (Lipinski definition) is 2. The first-order valence-electron chi connectivity index (χ1n) is 9.29. The molecule has 2 atom stereocenters. The lowest BCUT2D eigenvalue weighted by molar-refractivity contribution is -0.123. The summed E-state index contributed by atoms with van der Waals surface area (Å²) in [4.78, 5) is 12.9. The predicted molar refractivity (Wildman–Crippen MR) is 114 cm³/mol. The van der Waals surface area contributed by atoms with Gasteiger partial charge in [0.1, 0.15) is 0 Å². The molecule has 3 nitrogen and oxygen atoms in total. The van der Waals surface area contributed by atoms with E-state index in [2.05, 4.69) is 41.7 Å². The molecule has 0 heterocycles. The van der Waals surface area contributed by atoms with Crippen LogP contribution in [0.4, 0.5) is 5.69 Å². The second-order valence-electron chi connectivity index (χ2n) is 7.24. The summed E-state index contributed by atoms with van der Waals surface area (Å²) in [5, 5.41) is 5.63. The molecule has 4 rings (SSSR count). The number of nitrogens with one attached hydrogen (secondary N) is 1. The van der Waals surface area contributed by atoms with Gasteiger partial charge in [0.25, 0.3) is 0 Å². The highest BCUT2D eigenvalue weighted by Crippen LogP contribution is 2.32. The molecule has 1 aliphatic carbocycles. The molecule has 2 unspecified atom stereocenters. The Balaban J connectivity index is 0.00000210. The lowest BCUT2D eigenvalue weighted by Gasteiger charge is -2.28. The maximum Gasteiger partial charge on any atom is 0.227 e. The van der Waals surface area contributed by atoms with E-state index in [1.807, 2.05) is 31.2 Å². The minimum atomic E-state index is -0.182. The van der Waals surface area contributed by atoms with Gasteiger partial charge >= 0.3 is 0 Å². The summed E-state index contributed by atoms with van der Waals surface area (Å²) < 4.78 is 0. The van der Waals surface area contributed by atoms with E-state index >= 15 is 0 Å². The van der Waals surface area contributed by atoms with Crippen molar-refractivity contribution in [1.29, 1.82) is 0 Å².